The maximum absolute atomic E-state index is 12.2. The Morgan fingerprint density at radius 3 is 2.70 bits per heavy atom. The molecule has 0 aliphatic heterocycles. The van der Waals surface area contributed by atoms with Crippen molar-refractivity contribution in [1.29, 1.82) is 0 Å². The van der Waals surface area contributed by atoms with Crippen molar-refractivity contribution < 1.29 is 14.6 Å². The Bertz CT molecular complexity index is 834. The van der Waals surface area contributed by atoms with Crippen molar-refractivity contribution in [3.8, 4) is 22.1 Å². The lowest BCUT2D eigenvalue weighted by atomic mass is 10.2. The van der Waals surface area contributed by atoms with E-state index in [1.165, 1.54) is 36.6 Å². The van der Waals surface area contributed by atoms with Gasteiger partial charge in [0.05, 0.1) is 7.11 Å². The van der Waals surface area contributed by atoms with E-state index in [0.717, 1.165) is 10.6 Å². The summed E-state index contributed by atoms with van der Waals surface area (Å²) in [6.45, 7) is 0. The summed E-state index contributed by atoms with van der Waals surface area (Å²) in [4.78, 5) is 12.2. The van der Waals surface area contributed by atoms with E-state index >= 15 is 0 Å². The van der Waals surface area contributed by atoms with Gasteiger partial charge < -0.3 is 9.84 Å². The summed E-state index contributed by atoms with van der Waals surface area (Å²) in [5.41, 5.74) is 1.30. The number of rotatable bonds is 4. The van der Waals surface area contributed by atoms with Gasteiger partial charge in [-0.15, -0.1) is 10.2 Å². The Morgan fingerprint density at radius 1 is 1.17 bits per heavy atom. The van der Waals surface area contributed by atoms with E-state index < -0.39 is 0 Å². The third-order valence-corrected chi connectivity index (χ3v) is 4.00. The second-order valence-electron chi connectivity index (χ2n) is 4.62. The third kappa shape index (κ3) is 3.29. The summed E-state index contributed by atoms with van der Waals surface area (Å²) >= 11 is 1.29. The van der Waals surface area contributed by atoms with Crippen molar-refractivity contribution in [2.45, 2.75) is 0 Å². The van der Waals surface area contributed by atoms with Gasteiger partial charge in [0.25, 0.3) is 5.91 Å². The largest absolute Gasteiger partial charge is 0.504 e. The molecule has 0 spiro atoms. The highest BCUT2D eigenvalue weighted by Crippen LogP contribution is 2.28. The highest BCUT2D eigenvalue weighted by atomic mass is 32.1. The number of aromatic hydroxyl groups is 1. The number of aromatic nitrogens is 2. The number of nitrogens with one attached hydrogen (secondary N) is 1. The van der Waals surface area contributed by atoms with Crippen LogP contribution in [0.1, 0.15) is 10.4 Å². The monoisotopic (exact) mass is 327 g/mol. The van der Waals surface area contributed by atoms with Crippen LogP contribution in [0.5, 0.6) is 11.5 Å². The van der Waals surface area contributed by atoms with Gasteiger partial charge in [-0.2, -0.15) is 0 Å². The summed E-state index contributed by atoms with van der Waals surface area (Å²) < 4.78 is 4.99. The number of hydrogen-bond acceptors (Lipinski definition) is 6. The van der Waals surface area contributed by atoms with Crippen molar-refractivity contribution >= 4 is 22.4 Å². The highest BCUT2D eigenvalue weighted by molar-refractivity contribution is 7.18. The van der Waals surface area contributed by atoms with E-state index in [1.54, 1.807) is 0 Å². The number of hydrogen-bond donors (Lipinski definition) is 2. The third-order valence-electron chi connectivity index (χ3n) is 3.11. The Kier molecular flexibility index (Phi) is 4.20. The molecule has 0 aliphatic rings. The van der Waals surface area contributed by atoms with Gasteiger partial charge in [0, 0.05) is 11.1 Å². The molecule has 0 atom stereocenters. The first kappa shape index (κ1) is 15.0. The molecule has 2 N–H and O–H groups in total. The summed E-state index contributed by atoms with van der Waals surface area (Å²) in [5.74, 6) is -0.134. The Balaban J connectivity index is 1.77. The summed E-state index contributed by atoms with van der Waals surface area (Å²) in [6.07, 6.45) is 0. The molecule has 116 valence electrons. The molecule has 1 aromatic heterocycles. The van der Waals surface area contributed by atoms with Gasteiger partial charge in [0.2, 0.25) is 5.13 Å². The van der Waals surface area contributed by atoms with E-state index in [4.69, 9.17) is 4.74 Å². The number of nitrogens with zero attached hydrogens (tertiary/aromatic N) is 2. The standard InChI is InChI=1S/C16H13N3O3S/c1-22-13-9-11(7-8-12(13)20)14(21)17-16-19-18-15(23-16)10-5-3-2-4-6-10/h2-9,20H,1H3,(H,17,19,21). The minimum atomic E-state index is -0.348. The van der Waals surface area contributed by atoms with Crippen molar-refractivity contribution in [2.75, 3.05) is 12.4 Å². The maximum atomic E-state index is 12.2. The van der Waals surface area contributed by atoms with Crippen LogP contribution in [0.2, 0.25) is 0 Å². The van der Waals surface area contributed by atoms with Crippen LogP contribution >= 0.6 is 11.3 Å². The normalized spacial score (nSPS) is 10.3. The van der Waals surface area contributed by atoms with Crippen LogP contribution in [-0.2, 0) is 0 Å². The molecule has 1 amide bonds. The lowest BCUT2D eigenvalue weighted by molar-refractivity contribution is 0.102. The fourth-order valence-corrected chi connectivity index (χ4v) is 2.70. The topological polar surface area (TPSA) is 84.3 Å². The van der Waals surface area contributed by atoms with E-state index in [2.05, 4.69) is 15.5 Å². The number of anilines is 1. The number of phenols is 1. The molecule has 0 radical (unpaired) electrons. The van der Waals surface area contributed by atoms with Crippen LogP contribution in [0.3, 0.4) is 0 Å². The molecule has 1 heterocycles. The SMILES string of the molecule is COc1cc(C(=O)Nc2nnc(-c3ccccc3)s2)ccc1O. The molecule has 0 fully saturated rings. The number of ether oxygens (including phenoxy) is 1. The van der Waals surface area contributed by atoms with Gasteiger partial charge >= 0.3 is 0 Å². The molecule has 0 saturated carbocycles. The van der Waals surface area contributed by atoms with Gasteiger partial charge in [-0.05, 0) is 18.2 Å². The highest BCUT2D eigenvalue weighted by Gasteiger charge is 2.13. The van der Waals surface area contributed by atoms with Crippen LogP contribution < -0.4 is 10.1 Å². The lowest BCUT2D eigenvalue weighted by Gasteiger charge is -2.06. The second-order valence-corrected chi connectivity index (χ2v) is 5.60. The van der Waals surface area contributed by atoms with Crippen molar-refractivity contribution in [3.63, 3.8) is 0 Å². The molecule has 6 nitrogen and oxygen atoms in total. The van der Waals surface area contributed by atoms with Crippen LogP contribution in [0, 0.1) is 0 Å². The number of carbonyl (C=O) groups is 1. The number of amides is 1. The predicted molar refractivity (Wildman–Crippen MR) is 88.0 cm³/mol. The average Bonchev–Trinajstić information content (AvgIpc) is 3.04. The fourth-order valence-electron chi connectivity index (χ4n) is 1.96. The molecule has 0 unspecified atom stereocenters. The van der Waals surface area contributed by atoms with Gasteiger partial charge in [-0.25, -0.2) is 0 Å². The second kappa shape index (κ2) is 6.45. The van der Waals surface area contributed by atoms with Crippen molar-refractivity contribution in [3.05, 3.63) is 54.1 Å². The zero-order valence-electron chi connectivity index (χ0n) is 12.2. The molecule has 23 heavy (non-hydrogen) atoms. The van der Waals surface area contributed by atoms with Gasteiger partial charge in [-0.3, -0.25) is 10.1 Å². The van der Waals surface area contributed by atoms with Crippen LogP contribution in [0.4, 0.5) is 5.13 Å². The number of phenolic OH excluding ortho intramolecular Hbond substituents is 1. The summed E-state index contributed by atoms with van der Waals surface area (Å²) in [7, 11) is 1.42. The lowest BCUT2D eigenvalue weighted by Crippen LogP contribution is -2.11. The van der Waals surface area contributed by atoms with Gasteiger partial charge in [0.15, 0.2) is 11.5 Å². The molecule has 2 aromatic carbocycles. The van der Waals surface area contributed by atoms with Crippen LogP contribution in [0.25, 0.3) is 10.6 Å². The van der Waals surface area contributed by atoms with Gasteiger partial charge in [0.1, 0.15) is 5.01 Å². The zero-order valence-corrected chi connectivity index (χ0v) is 13.0. The first-order chi connectivity index (χ1) is 11.2. The molecule has 3 rings (SSSR count). The number of benzene rings is 2. The van der Waals surface area contributed by atoms with Crippen molar-refractivity contribution in [2.24, 2.45) is 0 Å². The molecular weight excluding hydrogens is 314 g/mol. The van der Waals surface area contributed by atoms with E-state index in [-0.39, 0.29) is 17.4 Å². The van der Waals surface area contributed by atoms with Crippen LogP contribution in [0.15, 0.2) is 48.5 Å². The molecule has 0 aliphatic carbocycles. The molecule has 7 heteroatoms. The minimum absolute atomic E-state index is 0.0219. The number of carbonyl (C=O) groups excluding carboxylic acids is 1. The number of methoxy groups -OCH3 is 1. The zero-order chi connectivity index (χ0) is 16.2. The van der Waals surface area contributed by atoms with Crippen molar-refractivity contribution in [1.82, 2.24) is 10.2 Å². The molecule has 3 aromatic rings. The molecule has 0 bridgehead atoms. The Labute approximate surface area is 136 Å². The average molecular weight is 327 g/mol. The quantitative estimate of drug-likeness (QED) is 0.769. The van der Waals surface area contributed by atoms with Gasteiger partial charge in [-0.1, -0.05) is 41.7 Å². The Hall–Kier alpha value is -2.93. The smallest absolute Gasteiger partial charge is 0.257 e. The predicted octanol–water partition coefficient (Wildman–Crippen LogP) is 3.17. The first-order valence-electron chi connectivity index (χ1n) is 6.74. The van der Waals surface area contributed by atoms with Crippen LogP contribution in [-0.4, -0.2) is 28.3 Å². The summed E-state index contributed by atoms with van der Waals surface area (Å²) in [5, 5.41) is 21.4. The van der Waals surface area contributed by atoms with E-state index in [0.29, 0.717) is 10.7 Å². The minimum Gasteiger partial charge on any atom is -0.504 e. The fraction of sp³-hybridized carbons (Fsp3) is 0.0625. The molecular formula is C16H13N3O3S. The first-order valence-corrected chi connectivity index (χ1v) is 7.56. The Morgan fingerprint density at radius 2 is 1.96 bits per heavy atom. The summed E-state index contributed by atoms with van der Waals surface area (Å²) in [6, 6.07) is 14.0. The van der Waals surface area contributed by atoms with E-state index in [1.807, 2.05) is 30.3 Å². The van der Waals surface area contributed by atoms with E-state index in [9.17, 15) is 9.90 Å². The molecule has 0 saturated heterocycles. The maximum Gasteiger partial charge on any atom is 0.257 e.